The van der Waals surface area contributed by atoms with Crippen LogP contribution in [0.3, 0.4) is 0 Å². The lowest BCUT2D eigenvalue weighted by atomic mass is 10.3. The minimum Gasteiger partial charge on any atom is -0.306 e. The van der Waals surface area contributed by atoms with Crippen LogP contribution in [0.4, 0.5) is 0 Å². The van der Waals surface area contributed by atoms with Crippen molar-refractivity contribution in [2.75, 3.05) is 0 Å². The molecule has 2 nitrogen and oxygen atoms in total. The maximum Gasteiger partial charge on any atom is 0.138 e. The van der Waals surface area contributed by atoms with Crippen LogP contribution >= 0.6 is 22.9 Å². The van der Waals surface area contributed by atoms with Crippen molar-refractivity contribution in [1.29, 1.82) is 0 Å². The predicted molar refractivity (Wildman–Crippen MR) is 63.5 cm³/mol. The van der Waals surface area contributed by atoms with E-state index in [1.165, 1.54) is 0 Å². The molecular formula is C11H7ClN2S. The Hall–Kier alpha value is -1.32. The van der Waals surface area contributed by atoms with Gasteiger partial charge in [-0.05, 0) is 17.5 Å². The third-order valence-corrected chi connectivity index (χ3v) is 3.16. The molecule has 4 heteroatoms. The predicted octanol–water partition coefficient (Wildman–Crippen LogP) is 3.72. The summed E-state index contributed by atoms with van der Waals surface area (Å²) >= 11 is 7.57. The third kappa shape index (κ3) is 1.54. The molecule has 0 unspecified atom stereocenters. The number of hydrogen-bond donors (Lipinski definition) is 0. The Kier molecular flexibility index (Phi) is 2.01. The van der Waals surface area contributed by atoms with Crippen molar-refractivity contribution in [1.82, 2.24) is 9.38 Å². The average Bonchev–Trinajstić information content (AvgIpc) is 2.84. The number of aromatic nitrogens is 2. The number of imidazole rings is 1. The van der Waals surface area contributed by atoms with Gasteiger partial charge in [0.1, 0.15) is 5.65 Å². The molecule has 3 rings (SSSR count). The van der Waals surface area contributed by atoms with Crippen molar-refractivity contribution < 1.29 is 0 Å². The van der Waals surface area contributed by atoms with E-state index in [1.54, 1.807) is 11.3 Å². The second kappa shape index (κ2) is 3.36. The van der Waals surface area contributed by atoms with Crippen LogP contribution in [0.15, 0.2) is 41.4 Å². The lowest BCUT2D eigenvalue weighted by molar-refractivity contribution is 1.19. The Morgan fingerprint density at radius 3 is 3.07 bits per heavy atom. The maximum absolute atomic E-state index is 5.90. The molecular weight excluding hydrogens is 228 g/mol. The Bertz CT molecular complexity index is 598. The van der Waals surface area contributed by atoms with E-state index in [1.807, 2.05) is 34.3 Å². The van der Waals surface area contributed by atoms with Crippen LogP contribution in [0.2, 0.25) is 5.02 Å². The van der Waals surface area contributed by atoms with Crippen molar-refractivity contribution in [2.45, 2.75) is 0 Å². The monoisotopic (exact) mass is 234 g/mol. The average molecular weight is 235 g/mol. The van der Waals surface area contributed by atoms with Crippen LogP contribution in [-0.4, -0.2) is 9.38 Å². The summed E-state index contributed by atoms with van der Waals surface area (Å²) in [5.74, 6) is 0. The molecule has 0 aliphatic rings. The normalized spacial score (nSPS) is 11.0. The van der Waals surface area contributed by atoms with Gasteiger partial charge in [0.2, 0.25) is 0 Å². The highest BCUT2D eigenvalue weighted by Crippen LogP contribution is 2.22. The highest BCUT2D eigenvalue weighted by atomic mass is 35.5. The second-order valence-corrected chi connectivity index (χ2v) is 4.47. The topological polar surface area (TPSA) is 17.3 Å². The van der Waals surface area contributed by atoms with Crippen LogP contribution < -0.4 is 0 Å². The number of rotatable bonds is 1. The molecule has 0 spiro atoms. The first kappa shape index (κ1) is 8.95. The molecule has 74 valence electrons. The Morgan fingerprint density at radius 1 is 1.33 bits per heavy atom. The number of pyridine rings is 1. The van der Waals surface area contributed by atoms with Gasteiger partial charge in [0.15, 0.2) is 0 Å². The molecule has 0 atom stereocenters. The number of hydrogen-bond acceptors (Lipinski definition) is 2. The first-order valence-corrected chi connectivity index (χ1v) is 5.82. The van der Waals surface area contributed by atoms with Crippen molar-refractivity contribution in [3.63, 3.8) is 0 Å². The van der Waals surface area contributed by atoms with Crippen molar-refractivity contribution in [3.05, 3.63) is 46.4 Å². The Morgan fingerprint density at radius 2 is 2.27 bits per heavy atom. The van der Waals surface area contributed by atoms with Crippen LogP contribution in [-0.2, 0) is 0 Å². The fourth-order valence-electron chi connectivity index (χ4n) is 1.51. The minimum absolute atomic E-state index is 0.713. The first-order valence-electron chi connectivity index (χ1n) is 4.50. The van der Waals surface area contributed by atoms with Crippen LogP contribution in [0.1, 0.15) is 0 Å². The highest BCUT2D eigenvalue weighted by molar-refractivity contribution is 7.08. The zero-order chi connectivity index (χ0) is 10.3. The fourth-order valence-corrected chi connectivity index (χ4v) is 2.31. The molecule has 0 fully saturated rings. The maximum atomic E-state index is 5.90. The van der Waals surface area contributed by atoms with Gasteiger partial charge >= 0.3 is 0 Å². The molecule has 3 heterocycles. The Balaban J connectivity index is 2.22. The van der Waals surface area contributed by atoms with E-state index in [2.05, 4.69) is 16.4 Å². The number of halogens is 1. The molecule has 3 aromatic heterocycles. The largest absolute Gasteiger partial charge is 0.306 e. The first-order chi connectivity index (χ1) is 7.33. The molecule has 0 aromatic carbocycles. The van der Waals surface area contributed by atoms with Gasteiger partial charge in [-0.2, -0.15) is 11.3 Å². The van der Waals surface area contributed by atoms with Gasteiger partial charge in [-0.15, -0.1) is 0 Å². The molecule has 0 radical (unpaired) electrons. The molecule has 0 aliphatic heterocycles. The number of nitrogens with zero attached hydrogens (tertiary/aromatic N) is 2. The zero-order valence-corrected chi connectivity index (χ0v) is 9.29. The van der Waals surface area contributed by atoms with E-state index >= 15 is 0 Å². The Labute approximate surface area is 95.8 Å². The molecule has 0 N–H and O–H groups in total. The van der Waals surface area contributed by atoms with Gasteiger partial charge in [0, 0.05) is 34.4 Å². The molecule has 0 saturated heterocycles. The summed E-state index contributed by atoms with van der Waals surface area (Å²) in [7, 11) is 0. The summed E-state index contributed by atoms with van der Waals surface area (Å²) in [6.07, 6.45) is 3.92. The van der Waals surface area contributed by atoms with Crippen molar-refractivity contribution in [2.24, 2.45) is 0 Å². The standard InChI is InChI=1S/C11H7ClN2S/c12-9-1-3-14-6-10(13-11(14)5-9)8-2-4-15-7-8/h1-7H. The van der Waals surface area contributed by atoms with E-state index < -0.39 is 0 Å². The van der Waals surface area contributed by atoms with E-state index in [-0.39, 0.29) is 0 Å². The summed E-state index contributed by atoms with van der Waals surface area (Å²) in [6, 6.07) is 5.78. The molecule has 15 heavy (non-hydrogen) atoms. The van der Waals surface area contributed by atoms with Gasteiger partial charge < -0.3 is 4.40 Å². The van der Waals surface area contributed by atoms with Gasteiger partial charge in [0.05, 0.1) is 5.69 Å². The summed E-state index contributed by atoms with van der Waals surface area (Å²) in [6.45, 7) is 0. The zero-order valence-electron chi connectivity index (χ0n) is 7.72. The van der Waals surface area contributed by atoms with Gasteiger partial charge in [-0.25, -0.2) is 4.98 Å². The molecule has 0 bridgehead atoms. The van der Waals surface area contributed by atoms with Crippen LogP contribution in [0.5, 0.6) is 0 Å². The summed E-state index contributed by atoms with van der Waals surface area (Å²) in [5.41, 5.74) is 3.02. The number of fused-ring (bicyclic) bond motifs is 1. The number of thiophene rings is 1. The summed E-state index contributed by atoms with van der Waals surface area (Å²) < 4.78 is 1.97. The lowest BCUT2D eigenvalue weighted by Crippen LogP contribution is -1.79. The molecule has 0 saturated carbocycles. The minimum atomic E-state index is 0.713. The smallest absolute Gasteiger partial charge is 0.138 e. The SMILES string of the molecule is Clc1ccn2cc(-c3ccsc3)nc2c1. The lowest BCUT2D eigenvalue weighted by Gasteiger charge is -1.90. The molecule has 0 amide bonds. The second-order valence-electron chi connectivity index (χ2n) is 3.25. The van der Waals surface area contributed by atoms with E-state index in [9.17, 15) is 0 Å². The third-order valence-electron chi connectivity index (χ3n) is 2.24. The summed E-state index contributed by atoms with van der Waals surface area (Å²) in [5, 5.41) is 4.85. The van der Waals surface area contributed by atoms with Crippen LogP contribution in [0, 0.1) is 0 Å². The van der Waals surface area contributed by atoms with Crippen LogP contribution in [0.25, 0.3) is 16.9 Å². The van der Waals surface area contributed by atoms with Gasteiger partial charge in [-0.3, -0.25) is 0 Å². The van der Waals surface area contributed by atoms with E-state index in [0.717, 1.165) is 16.9 Å². The fraction of sp³-hybridized carbons (Fsp3) is 0. The molecule has 3 aromatic rings. The summed E-state index contributed by atoms with van der Waals surface area (Å²) in [4.78, 5) is 4.50. The van der Waals surface area contributed by atoms with E-state index in [0.29, 0.717) is 5.02 Å². The quantitative estimate of drug-likeness (QED) is 0.627. The van der Waals surface area contributed by atoms with Gasteiger partial charge in [-0.1, -0.05) is 11.6 Å². The van der Waals surface area contributed by atoms with Crippen molar-refractivity contribution >= 4 is 28.6 Å². The van der Waals surface area contributed by atoms with E-state index in [4.69, 9.17) is 11.6 Å². The highest BCUT2D eigenvalue weighted by Gasteiger charge is 2.04. The van der Waals surface area contributed by atoms with Gasteiger partial charge in [0.25, 0.3) is 0 Å². The molecule has 0 aliphatic carbocycles. The van der Waals surface area contributed by atoms with Crippen molar-refractivity contribution in [3.8, 4) is 11.3 Å².